The minimum Gasteiger partial charge on any atom is -0.390 e. The number of aliphatic hydroxyl groups is 1. The SMILES string of the molecule is C#CC(Cl)C(O)Cc1ccccc1. The van der Waals surface area contributed by atoms with E-state index in [2.05, 4.69) is 5.92 Å². The number of terminal acetylenes is 1. The van der Waals surface area contributed by atoms with Gasteiger partial charge in [0, 0.05) is 6.42 Å². The summed E-state index contributed by atoms with van der Waals surface area (Å²) in [4.78, 5) is 0. The van der Waals surface area contributed by atoms with E-state index in [0.717, 1.165) is 5.56 Å². The molecule has 0 aliphatic carbocycles. The van der Waals surface area contributed by atoms with Gasteiger partial charge in [-0.05, 0) is 5.56 Å². The molecule has 0 saturated carbocycles. The summed E-state index contributed by atoms with van der Waals surface area (Å²) in [6.07, 6.45) is 4.91. The van der Waals surface area contributed by atoms with Gasteiger partial charge in [0.05, 0.1) is 6.10 Å². The minimum atomic E-state index is -0.672. The molecule has 0 aliphatic rings. The van der Waals surface area contributed by atoms with Crippen LogP contribution in [0.2, 0.25) is 0 Å². The molecule has 1 nitrogen and oxygen atoms in total. The van der Waals surface area contributed by atoms with Crippen LogP contribution in [0, 0.1) is 12.3 Å². The standard InChI is InChI=1S/C11H11ClO/c1-2-10(12)11(13)8-9-6-4-3-5-7-9/h1,3-7,10-11,13H,8H2. The Balaban J connectivity index is 2.56. The molecular weight excluding hydrogens is 184 g/mol. The largest absolute Gasteiger partial charge is 0.390 e. The first-order chi connectivity index (χ1) is 6.24. The van der Waals surface area contributed by atoms with Crippen molar-refractivity contribution in [1.29, 1.82) is 0 Å². The predicted octanol–water partition coefficient (Wildman–Crippen LogP) is 1.83. The molecule has 0 bridgehead atoms. The van der Waals surface area contributed by atoms with E-state index in [9.17, 15) is 5.11 Å². The lowest BCUT2D eigenvalue weighted by molar-refractivity contribution is 0.184. The molecule has 1 rings (SSSR count). The number of aliphatic hydroxyl groups excluding tert-OH is 1. The van der Waals surface area contributed by atoms with Gasteiger partial charge in [-0.25, -0.2) is 0 Å². The fourth-order valence-electron chi connectivity index (χ4n) is 1.07. The molecule has 1 N–H and O–H groups in total. The maximum atomic E-state index is 9.50. The van der Waals surface area contributed by atoms with E-state index in [1.54, 1.807) is 0 Å². The molecule has 0 fully saturated rings. The third-order valence-electron chi connectivity index (χ3n) is 1.78. The highest BCUT2D eigenvalue weighted by Gasteiger charge is 2.13. The summed E-state index contributed by atoms with van der Waals surface area (Å²) in [5, 5.41) is 8.89. The highest BCUT2D eigenvalue weighted by Crippen LogP contribution is 2.09. The first-order valence-electron chi connectivity index (χ1n) is 4.06. The number of alkyl halides is 1. The Morgan fingerprint density at radius 2 is 2.00 bits per heavy atom. The van der Waals surface area contributed by atoms with Gasteiger partial charge in [0.25, 0.3) is 0 Å². The Kier molecular flexibility index (Phi) is 3.82. The number of hydrogen-bond donors (Lipinski definition) is 1. The van der Waals surface area contributed by atoms with Crippen LogP contribution in [0.1, 0.15) is 5.56 Å². The molecule has 2 atom stereocenters. The maximum absolute atomic E-state index is 9.50. The first kappa shape index (κ1) is 10.1. The fourth-order valence-corrected chi connectivity index (χ4v) is 1.16. The summed E-state index contributed by atoms with van der Waals surface area (Å²) in [6, 6.07) is 9.63. The van der Waals surface area contributed by atoms with E-state index in [0.29, 0.717) is 6.42 Å². The molecule has 68 valence electrons. The zero-order valence-electron chi connectivity index (χ0n) is 7.15. The Morgan fingerprint density at radius 3 is 2.54 bits per heavy atom. The van der Waals surface area contributed by atoms with Crippen molar-refractivity contribution >= 4 is 11.6 Å². The van der Waals surface area contributed by atoms with Crippen LogP contribution in [0.15, 0.2) is 30.3 Å². The van der Waals surface area contributed by atoms with E-state index >= 15 is 0 Å². The summed E-state index contributed by atoms with van der Waals surface area (Å²) in [5.74, 6) is 2.30. The molecular formula is C11H11ClO. The molecule has 2 heteroatoms. The van der Waals surface area contributed by atoms with Crippen LogP contribution in [0.25, 0.3) is 0 Å². The second-order valence-corrected chi connectivity index (χ2v) is 3.30. The van der Waals surface area contributed by atoms with Crippen LogP contribution >= 0.6 is 11.6 Å². The quantitative estimate of drug-likeness (QED) is 0.575. The molecule has 0 saturated heterocycles. The van der Waals surface area contributed by atoms with Crippen LogP contribution in [-0.4, -0.2) is 16.6 Å². The van der Waals surface area contributed by atoms with Crippen molar-refractivity contribution in [3.63, 3.8) is 0 Å². The normalized spacial score (nSPS) is 14.5. The fraction of sp³-hybridized carbons (Fsp3) is 0.273. The lowest BCUT2D eigenvalue weighted by Gasteiger charge is -2.11. The highest BCUT2D eigenvalue weighted by molar-refractivity contribution is 6.22. The van der Waals surface area contributed by atoms with Crippen molar-refractivity contribution in [2.45, 2.75) is 17.9 Å². The van der Waals surface area contributed by atoms with Crippen molar-refractivity contribution in [2.24, 2.45) is 0 Å². The number of benzene rings is 1. The first-order valence-corrected chi connectivity index (χ1v) is 4.50. The average molecular weight is 195 g/mol. The smallest absolute Gasteiger partial charge is 0.120 e. The summed E-state index contributed by atoms with van der Waals surface area (Å²) >= 11 is 5.68. The van der Waals surface area contributed by atoms with Crippen LogP contribution in [0.3, 0.4) is 0 Å². The lowest BCUT2D eigenvalue weighted by atomic mass is 10.1. The summed E-state index contributed by atoms with van der Waals surface area (Å²) < 4.78 is 0. The third kappa shape index (κ3) is 3.10. The lowest BCUT2D eigenvalue weighted by Crippen LogP contribution is -2.21. The van der Waals surface area contributed by atoms with Crippen LogP contribution in [0.5, 0.6) is 0 Å². The van der Waals surface area contributed by atoms with Crippen molar-refractivity contribution in [1.82, 2.24) is 0 Å². The Labute approximate surface area is 83.4 Å². The van der Waals surface area contributed by atoms with Gasteiger partial charge in [-0.3, -0.25) is 0 Å². The molecule has 1 aromatic rings. The molecule has 0 aromatic heterocycles. The molecule has 0 radical (unpaired) electrons. The third-order valence-corrected chi connectivity index (χ3v) is 2.20. The molecule has 0 spiro atoms. The summed E-state index contributed by atoms with van der Waals surface area (Å²) in [7, 11) is 0. The zero-order valence-corrected chi connectivity index (χ0v) is 7.91. The topological polar surface area (TPSA) is 20.2 Å². The van der Waals surface area contributed by atoms with Gasteiger partial charge in [-0.1, -0.05) is 36.3 Å². The maximum Gasteiger partial charge on any atom is 0.120 e. The molecule has 0 amide bonds. The van der Waals surface area contributed by atoms with Gasteiger partial charge in [0.1, 0.15) is 5.38 Å². The second kappa shape index (κ2) is 4.91. The molecule has 1 aromatic carbocycles. The molecule has 2 unspecified atom stereocenters. The number of rotatable bonds is 3. The van der Waals surface area contributed by atoms with Crippen molar-refractivity contribution in [2.75, 3.05) is 0 Å². The van der Waals surface area contributed by atoms with Crippen molar-refractivity contribution in [3.8, 4) is 12.3 Å². The summed E-state index contributed by atoms with van der Waals surface area (Å²) in [5.41, 5.74) is 1.04. The second-order valence-electron chi connectivity index (χ2n) is 2.83. The highest BCUT2D eigenvalue weighted by atomic mass is 35.5. The number of halogens is 1. The van der Waals surface area contributed by atoms with E-state index in [1.807, 2.05) is 30.3 Å². The average Bonchev–Trinajstić information content (AvgIpc) is 2.18. The van der Waals surface area contributed by atoms with Crippen LogP contribution < -0.4 is 0 Å². The van der Waals surface area contributed by atoms with Gasteiger partial charge in [-0.2, -0.15) is 0 Å². The van der Waals surface area contributed by atoms with Crippen LogP contribution in [-0.2, 0) is 6.42 Å². The molecule has 0 heterocycles. The van der Waals surface area contributed by atoms with Gasteiger partial charge in [-0.15, -0.1) is 18.0 Å². The number of hydrogen-bond acceptors (Lipinski definition) is 1. The Morgan fingerprint density at radius 1 is 1.38 bits per heavy atom. The van der Waals surface area contributed by atoms with Crippen molar-refractivity contribution in [3.05, 3.63) is 35.9 Å². The van der Waals surface area contributed by atoms with E-state index < -0.39 is 11.5 Å². The van der Waals surface area contributed by atoms with Gasteiger partial charge >= 0.3 is 0 Å². The predicted molar refractivity (Wildman–Crippen MR) is 54.6 cm³/mol. The van der Waals surface area contributed by atoms with Crippen LogP contribution in [0.4, 0.5) is 0 Å². The Hall–Kier alpha value is -0.970. The van der Waals surface area contributed by atoms with E-state index in [-0.39, 0.29) is 0 Å². The zero-order chi connectivity index (χ0) is 9.68. The summed E-state index contributed by atoms with van der Waals surface area (Å²) in [6.45, 7) is 0. The van der Waals surface area contributed by atoms with E-state index in [4.69, 9.17) is 18.0 Å². The molecule has 0 aliphatic heterocycles. The van der Waals surface area contributed by atoms with Gasteiger partial charge in [0.2, 0.25) is 0 Å². The molecule has 13 heavy (non-hydrogen) atoms. The Bertz CT molecular complexity index is 289. The van der Waals surface area contributed by atoms with Gasteiger partial charge < -0.3 is 5.11 Å². The van der Waals surface area contributed by atoms with E-state index in [1.165, 1.54) is 0 Å². The minimum absolute atomic E-state index is 0.499. The van der Waals surface area contributed by atoms with Gasteiger partial charge in [0.15, 0.2) is 0 Å². The monoisotopic (exact) mass is 194 g/mol. The van der Waals surface area contributed by atoms with Crippen molar-refractivity contribution < 1.29 is 5.11 Å².